The maximum absolute atomic E-state index is 5.81. The summed E-state index contributed by atoms with van der Waals surface area (Å²) < 4.78 is 1.27. The molecule has 1 atom stereocenters. The lowest BCUT2D eigenvalue weighted by Gasteiger charge is -2.22. The van der Waals surface area contributed by atoms with Crippen LogP contribution < -0.4 is 11.3 Å². The van der Waals surface area contributed by atoms with Gasteiger partial charge in [-0.2, -0.15) is 0 Å². The highest BCUT2D eigenvalue weighted by molar-refractivity contribution is 14.1. The molecule has 2 aromatic carbocycles. The van der Waals surface area contributed by atoms with Gasteiger partial charge in [-0.15, -0.1) is 0 Å². The van der Waals surface area contributed by atoms with Crippen molar-refractivity contribution in [3.05, 3.63) is 68.8 Å². The second-order valence-electron chi connectivity index (χ2n) is 5.54. The maximum Gasteiger partial charge on any atom is 0.0285 e. The Labute approximate surface area is 133 Å². The van der Waals surface area contributed by atoms with Crippen LogP contribution in [-0.4, -0.2) is 6.04 Å². The Morgan fingerprint density at radius 3 is 2.20 bits per heavy atom. The van der Waals surface area contributed by atoms with Gasteiger partial charge in [-0.1, -0.05) is 36.4 Å². The lowest BCUT2D eigenvalue weighted by Crippen LogP contribution is -2.42. The van der Waals surface area contributed by atoms with Crippen molar-refractivity contribution in [2.45, 2.75) is 25.3 Å². The predicted octanol–water partition coefficient (Wildman–Crippen LogP) is 3.08. The molecule has 104 valence electrons. The Morgan fingerprint density at radius 2 is 1.65 bits per heavy atom. The summed E-state index contributed by atoms with van der Waals surface area (Å²) in [6.07, 6.45) is 3.26. The average Bonchev–Trinajstić information content (AvgIpc) is 2.90. The zero-order valence-electron chi connectivity index (χ0n) is 11.4. The number of hydrazine groups is 1. The molecule has 0 aromatic heterocycles. The minimum Gasteiger partial charge on any atom is -0.271 e. The smallest absolute Gasteiger partial charge is 0.0285 e. The minimum atomic E-state index is 0.336. The monoisotopic (exact) mass is 378 g/mol. The summed E-state index contributed by atoms with van der Waals surface area (Å²) in [7, 11) is 0. The van der Waals surface area contributed by atoms with Crippen molar-refractivity contribution in [1.82, 2.24) is 5.43 Å². The van der Waals surface area contributed by atoms with E-state index >= 15 is 0 Å². The van der Waals surface area contributed by atoms with E-state index in [0.717, 1.165) is 19.3 Å². The van der Waals surface area contributed by atoms with Gasteiger partial charge in [0.2, 0.25) is 0 Å². The molecule has 1 unspecified atom stereocenters. The molecule has 3 rings (SSSR count). The quantitative estimate of drug-likeness (QED) is 0.488. The summed E-state index contributed by atoms with van der Waals surface area (Å²) in [5.74, 6) is 6.41. The molecule has 1 aliphatic carbocycles. The van der Waals surface area contributed by atoms with Crippen LogP contribution in [0.4, 0.5) is 0 Å². The maximum atomic E-state index is 5.81. The standard InChI is InChI=1S/C17H19IN2/c18-16-7-5-12(6-8-16)9-17(20-19)15-10-13-3-1-2-4-14(13)11-15/h1-8,15,17,20H,9-11,19H2. The summed E-state index contributed by atoms with van der Waals surface area (Å²) in [5, 5.41) is 0. The van der Waals surface area contributed by atoms with Crippen LogP contribution in [0.2, 0.25) is 0 Å². The van der Waals surface area contributed by atoms with Gasteiger partial charge in [0, 0.05) is 9.61 Å². The molecule has 3 heteroatoms. The molecule has 0 radical (unpaired) electrons. The number of hydrogen-bond donors (Lipinski definition) is 2. The van der Waals surface area contributed by atoms with E-state index in [1.807, 2.05) is 0 Å². The lowest BCUT2D eigenvalue weighted by molar-refractivity contribution is 0.367. The number of rotatable bonds is 4. The fourth-order valence-electron chi connectivity index (χ4n) is 3.11. The Morgan fingerprint density at radius 1 is 1.05 bits per heavy atom. The third-order valence-electron chi connectivity index (χ3n) is 4.23. The van der Waals surface area contributed by atoms with Crippen molar-refractivity contribution >= 4 is 22.6 Å². The van der Waals surface area contributed by atoms with E-state index in [9.17, 15) is 0 Å². The normalized spacial score (nSPS) is 16.1. The van der Waals surface area contributed by atoms with Crippen molar-refractivity contribution in [3.63, 3.8) is 0 Å². The van der Waals surface area contributed by atoms with Gasteiger partial charge in [-0.25, -0.2) is 0 Å². The topological polar surface area (TPSA) is 38.0 Å². The predicted molar refractivity (Wildman–Crippen MR) is 91.3 cm³/mol. The highest BCUT2D eigenvalue weighted by Gasteiger charge is 2.27. The largest absolute Gasteiger partial charge is 0.271 e. The Balaban J connectivity index is 1.71. The van der Waals surface area contributed by atoms with Crippen LogP contribution in [0.5, 0.6) is 0 Å². The average molecular weight is 378 g/mol. The molecule has 0 saturated heterocycles. The number of hydrogen-bond acceptors (Lipinski definition) is 2. The molecule has 2 aromatic rings. The summed E-state index contributed by atoms with van der Waals surface area (Å²) in [5.41, 5.74) is 7.36. The minimum absolute atomic E-state index is 0.336. The summed E-state index contributed by atoms with van der Waals surface area (Å²) >= 11 is 2.34. The van der Waals surface area contributed by atoms with Crippen LogP contribution in [0.25, 0.3) is 0 Å². The van der Waals surface area contributed by atoms with Crippen molar-refractivity contribution in [3.8, 4) is 0 Å². The van der Waals surface area contributed by atoms with E-state index in [-0.39, 0.29) is 0 Å². The van der Waals surface area contributed by atoms with Crippen LogP contribution in [0.15, 0.2) is 48.5 Å². The molecule has 0 bridgehead atoms. The van der Waals surface area contributed by atoms with Crippen LogP contribution in [0.3, 0.4) is 0 Å². The van der Waals surface area contributed by atoms with E-state index in [1.165, 1.54) is 20.3 Å². The molecular formula is C17H19IN2. The van der Waals surface area contributed by atoms with E-state index in [2.05, 4.69) is 76.5 Å². The first kappa shape index (κ1) is 14.0. The van der Waals surface area contributed by atoms with Gasteiger partial charge in [0.25, 0.3) is 0 Å². The SMILES string of the molecule is NNC(Cc1ccc(I)cc1)C1Cc2ccccc2C1. The fraction of sp³-hybridized carbons (Fsp3) is 0.294. The lowest BCUT2D eigenvalue weighted by atomic mass is 9.91. The van der Waals surface area contributed by atoms with Gasteiger partial charge in [0.15, 0.2) is 0 Å². The van der Waals surface area contributed by atoms with Gasteiger partial charge >= 0.3 is 0 Å². The summed E-state index contributed by atoms with van der Waals surface area (Å²) in [4.78, 5) is 0. The molecule has 0 spiro atoms. The summed E-state index contributed by atoms with van der Waals surface area (Å²) in [6, 6.07) is 17.8. The van der Waals surface area contributed by atoms with E-state index in [4.69, 9.17) is 5.84 Å². The first-order valence-corrected chi connectivity index (χ1v) is 8.11. The highest BCUT2D eigenvalue weighted by Crippen LogP contribution is 2.29. The second kappa shape index (κ2) is 6.24. The van der Waals surface area contributed by atoms with Crippen molar-refractivity contribution in [2.75, 3.05) is 0 Å². The van der Waals surface area contributed by atoms with Crippen LogP contribution >= 0.6 is 22.6 Å². The third-order valence-corrected chi connectivity index (χ3v) is 4.95. The number of nitrogens with two attached hydrogens (primary N) is 1. The Kier molecular flexibility index (Phi) is 4.38. The van der Waals surface area contributed by atoms with E-state index in [0.29, 0.717) is 12.0 Å². The zero-order chi connectivity index (χ0) is 13.9. The molecular weight excluding hydrogens is 359 g/mol. The molecule has 2 nitrogen and oxygen atoms in total. The van der Waals surface area contributed by atoms with Crippen molar-refractivity contribution < 1.29 is 0 Å². The number of fused-ring (bicyclic) bond motifs is 1. The zero-order valence-corrected chi connectivity index (χ0v) is 13.5. The number of halogens is 1. The second-order valence-corrected chi connectivity index (χ2v) is 6.79. The first-order valence-electron chi connectivity index (χ1n) is 7.03. The van der Waals surface area contributed by atoms with E-state index < -0.39 is 0 Å². The van der Waals surface area contributed by atoms with Crippen molar-refractivity contribution in [1.29, 1.82) is 0 Å². The van der Waals surface area contributed by atoms with Gasteiger partial charge in [0.05, 0.1) is 0 Å². The van der Waals surface area contributed by atoms with Crippen molar-refractivity contribution in [2.24, 2.45) is 11.8 Å². The number of benzene rings is 2. The van der Waals surface area contributed by atoms with Crippen LogP contribution in [0, 0.1) is 9.49 Å². The molecule has 20 heavy (non-hydrogen) atoms. The van der Waals surface area contributed by atoms with E-state index in [1.54, 1.807) is 0 Å². The first-order chi connectivity index (χ1) is 9.76. The van der Waals surface area contributed by atoms with Gasteiger partial charge in [-0.05, 0) is 76.6 Å². The fourth-order valence-corrected chi connectivity index (χ4v) is 3.47. The summed E-state index contributed by atoms with van der Waals surface area (Å²) in [6.45, 7) is 0. The highest BCUT2D eigenvalue weighted by atomic mass is 127. The molecule has 0 amide bonds. The molecule has 3 N–H and O–H groups in total. The molecule has 1 aliphatic rings. The molecule has 0 aliphatic heterocycles. The van der Waals surface area contributed by atoms with Crippen LogP contribution in [-0.2, 0) is 19.3 Å². The number of nitrogens with one attached hydrogen (secondary N) is 1. The van der Waals surface area contributed by atoms with Gasteiger partial charge in [-0.3, -0.25) is 11.3 Å². The molecule has 0 saturated carbocycles. The van der Waals surface area contributed by atoms with Gasteiger partial charge in [0.1, 0.15) is 0 Å². The Hall–Kier alpha value is -0.910. The third kappa shape index (κ3) is 3.05. The molecule has 0 heterocycles. The van der Waals surface area contributed by atoms with Gasteiger partial charge < -0.3 is 0 Å². The molecule has 0 fully saturated rings. The Bertz CT molecular complexity index is 555. The van der Waals surface area contributed by atoms with Crippen LogP contribution in [0.1, 0.15) is 16.7 Å².